The lowest BCUT2D eigenvalue weighted by atomic mass is 10.0. The molecule has 0 radical (unpaired) electrons. The van der Waals surface area contributed by atoms with Crippen molar-refractivity contribution in [2.75, 3.05) is 18.6 Å². The van der Waals surface area contributed by atoms with Crippen molar-refractivity contribution in [3.8, 4) is 0 Å². The van der Waals surface area contributed by atoms with E-state index in [1.54, 1.807) is 23.9 Å². The van der Waals surface area contributed by atoms with E-state index in [1.807, 2.05) is 18.4 Å². The van der Waals surface area contributed by atoms with Crippen molar-refractivity contribution in [2.24, 2.45) is 0 Å². The van der Waals surface area contributed by atoms with Gasteiger partial charge in [0, 0.05) is 18.8 Å². The first kappa shape index (κ1) is 15.4. The molecule has 0 heterocycles. The zero-order valence-corrected chi connectivity index (χ0v) is 11.6. The summed E-state index contributed by atoms with van der Waals surface area (Å²) in [5, 5.41) is 14.3. The number of urea groups is 1. The number of carbonyl (C=O) groups excluding carboxylic acids is 1. The average molecular weight is 282 g/mol. The van der Waals surface area contributed by atoms with E-state index in [4.69, 9.17) is 5.11 Å². The standard InChI is InChI=1S/C13H18N2O3S/c1-19-7-6-14-13(18)15-9-11-5-3-2-4-10(11)8-12(16)17/h2-5H,6-9H2,1H3,(H,16,17)(H2,14,15,18). The number of carbonyl (C=O) groups is 2. The second-order valence-electron chi connectivity index (χ2n) is 3.94. The Bertz CT molecular complexity index is 438. The number of benzene rings is 1. The van der Waals surface area contributed by atoms with E-state index in [0.717, 1.165) is 16.9 Å². The first-order valence-electron chi connectivity index (χ1n) is 5.92. The molecule has 0 aliphatic carbocycles. The zero-order valence-electron chi connectivity index (χ0n) is 10.8. The molecule has 1 rings (SSSR count). The molecule has 6 heteroatoms. The predicted octanol–water partition coefficient (Wildman–Crippen LogP) is 1.48. The highest BCUT2D eigenvalue weighted by Crippen LogP contribution is 2.09. The molecule has 0 saturated carbocycles. The van der Waals surface area contributed by atoms with Crippen molar-refractivity contribution in [3.05, 3.63) is 35.4 Å². The fraction of sp³-hybridized carbons (Fsp3) is 0.385. The van der Waals surface area contributed by atoms with Crippen molar-refractivity contribution in [3.63, 3.8) is 0 Å². The highest BCUT2D eigenvalue weighted by atomic mass is 32.2. The van der Waals surface area contributed by atoms with Crippen LogP contribution in [0.25, 0.3) is 0 Å². The number of hydrogen-bond donors (Lipinski definition) is 3. The quantitative estimate of drug-likeness (QED) is 0.662. The summed E-state index contributed by atoms with van der Waals surface area (Å²) in [4.78, 5) is 22.2. The van der Waals surface area contributed by atoms with E-state index in [9.17, 15) is 9.59 Å². The lowest BCUT2D eigenvalue weighted by molar-refractivity contribution is -0.136. The minimum Gasteiger partial charge on any atom is -0.481 e. The average Bonchev–Trinajstić information content (AvgIpc) is 2.37. The summed E-state index contributed by atoms with van der Waals surface area (Å²) in [5.41, 5.74) is 1.55. The van der Waals surface area contributed by atoms with Gasteiger partial charge in [-0.05, 0) is 17.4 Å². The van der Waals surface area contributed by atoms with Gasteiger partial charge in [0.2, 0.25) is 0 Å². The second kappa shape index (κ2) is 8.42. The molecule has 0 saturated heterocycles. The Balaban J connectivity index is 2.48. The van der Waals surface area contributed by atoms with E-state index in [-0.39, 0.29) is 12.5 Å². The Morgan fingerprint density at radius 1 is 1.21 bits per heavy atom. The first-order chi connectivity index (χ1) is 9.13. The molecule has 1 aromatic carbocycles. The predicted molar refractivity (Wildman–Crippen MR) is 76.4 cm³/mol. The molecule has 0 spiro atoms. The maximum absolute atomic E-state index is 11.5. The summed E-state index contributed by atoms with van der Waals surface area (Å²) >= 11 is 1.66. The van der Waals surface area contributed by atoms with E-state index in [0.29, 0.717) is 13.1 Å². The van der Waals surface area contributed by atoms with Crippen LogP contribution in [0.3, 0.4) is 0 Å². The van der Waals surface area contributed by atoms with Crippen LogP contribution in [0.4, 0.5) is 4.79 Å². The van der Waals surface area contributed by atoms with E-state index in [2.05, 4.69) is 10.6 Å². The van der Waals surface area contributed by atoms with Gasteiger partial charge < -0.3 is 15.7 Å². The number of hydrogen-bond acceptors (Lipinski definition) is 3. The summed E-state index contributed by atoms with van der Waals surface area (Å²) < 4.78 is 0. The Morgan fingerprint density at radius 3 is 2.53 bits per heavy atom. The van der Waals surface area contributed by atoms with Gasteiger partial charge in [0.15, 0.2) is 0 Å². The fourth-order valence-electron chi connectivity index (χ4n) is 1.57. The van der Waals surface area contributed by atoms with Gasteiger partial charge >= 0.3 is 12.0 Å². The number of rotatable bonds is 7. The van der Waals surface area contributed by atoms with Gasteiger partial charge in [0.1, 0.15) is 0 Å². The number of thioether (sulfide) groups is 1. The molecule has 0 atom stereocenters. The smallest absolute Gasteiger partial charge is 0.315 e. The third kappa shape index (κ3) is 6.15. The molecule has 3 N–H and O–H groups in total. The van der Waals surface area contributed by atoms with Gasteiger partial charge in [0.05, 0.1) is 6.42 Å². The lowest BCUT2D eigenvalue weighted by Gasteiger charge is -2.10. The van der Waals surface area contributed by atoms with Crippen LogP contribution in [0.15, 0.2) is 24.3 Å². The minimum absolute atomic E-state index is 0.0358. The van der Waals surface area contributed by atoms with Gasteiger partial charge in [-0.2, -0.15) is 11.8 Å². The number of aliphatic carboxylic acids is 1. The summed E-state index contributed by atoms with van der Waals surface area (Å²) in [7, 11) is 0. The minimum atomic E-state index is -0.878. The van der Waals surface area contributed by atoms with Crippen molar-refractivity contribution >= 4 is 23.8 Å². The van der Waals surface area contributed by atoms with Crippen molar-refractivity contribution in [1.29, 1.82) is 0 Å². The maximum Gasteiger partial charge on any atom is 0.315 e. The topological polar surface area (TPSA) is 78.4 Å². The summed E-state index contributed by atoms with van der Waals surface area (Å²) in [6, 6.07) is 6.96. The van der Waals surface area contributed by atoms with Gasteiger partial charge in [-0.3, -0.25) is 4.79 Å². The fourth-order valence-corrected chi connectivity index (χ4v) is 1.88. The Kier molecular flexibility index (Phi) is 6.81. The van der Waals surface area contributed by atoms with E-state index in [1.165, 1.54) is 0 Å². The van der Waals surface area contributed by atoms with Crippen LogP contribution in [0.1, 0.15) is 11.1 Å². The van der Waals surface area contributed by atoms with Crippen LogP contribution in [-0.4, -0.2) is 35.7 Å². The molecule has 0 aromatic heterocycles. The second-order valence-corrected chi connectivity index (χ2v) is 4.93. The molecule has 0 aliphatic rings. The Hall–Kier alpha value is -1.69. The van der Waals surface area contributed by atoms with Gasteiger partial charge in [0.25, 0.3) is 0 Å². The van der Waals surface area contributed by atoms with Crippen LogP contribution in [-0.2, 0) is 17.8 Å². The van der Waals surface area contributed by atoms with Crippen molar-refractivity contribution in [1.82, 2.24) is 10.6 Å². The van der Waals surface area contributed by atoms with Gasteiger partial charge in [-0.1, -0.05) is 24.3 Å². The monoisotopic (exact) mass is 282 g/mol. The molecule has 0 bridgehead atoms. The molecule has 1 aromatic rings. The largest absolute Gasteiger partial charge is 0.481 e. The highest BCUT2D eigenvalue weighted by molar-refractivity contribution is 7.98. The molecule has 19 heavy (non-hydrogen) atoms. The third-order valence-electron chi connectivity index (χ3n) is 2.49. The summed E-state index contributed by atoms with van der Waals surface area (Å²) in [6.45, 7) is 0.943. The molecule has 2 amide bonds. The maximum atomic E-state index is 11.5. The van der Waals surface area contributed by atoms with E-state index >= 15 is 0 Å². The third-order valence-corrected chi connectivity index (χ3v) is 3.10. The normalized spacial score (nSPS) is 9.95. The Labute approximate surface area is 116 Å². The number of carboxylic acids is 1. The Morgan fingerprint density at radius 2 is 1.89 bits per heavy atom. The SMILES string of the molecule is CSCCNC(=O)NCc1ccccc1CC(=O)O. The van der Waals surface area contributed by atoms with Crippen molar-refractivity contribution in [2.45, 2.75) is 13.0 Å². The van der Waals surface area contributed by atoms with E-state index < -0.39 is 5.97 Å². The zero-order chi connectivity index (χ0) is 14.1. The van der Waals surface area contributed by atoms with Crippen LogP contribution < -0.4 is 10.6 Å². The molecule has 5 nitrogen and oxygen atoms in total. The molecule has 0 fully saturated rings. The van der Waals surface area contributed by atoms with Crippen LogP contribution >= 0.6 is 11.8 Å². The van der Waals surface area contributed by atoms with Crippen LogP contribution in [0.2, 0.25) is 0 Å². The number of carboxylic acid groups (broad SMARTS) is 1. The van der Waals surface area contributed by atoms with Gasteiger partial charge in [-0.15, -0.1) is 0 Å². The lowest BCUT2D eigenvalue weighted by Crippen LogP contribution is -2.36. The number of nitrogens with one attached hydrogen (secondary N) is 2. The molecule has 0 aliphatic heterocycles. The number of amides is 2. The molecule has 104 valence electrons. The van der Waals surface area contributed by atoms with Crippen LogP contribution in [0, 0.1) is 0 Å². The highest BCUT2D eigenvalue weighted by Gasteiger charge is 2.07. The van der Waals surface area contributed by atoms with Crippen LogP contribution in [0.5, 0.6) is 0 Å². The summed E-state index contributed by atoms with van der Waals surface area (Å²) in [5.74, 6) is -0.0138. The molecular weight excluding hydrogens is 264 g/mol. The van der Waals surface area contributed by atoms with Crippen molar-refractivity contribution < 1.29 is 14.7 Å². The van der Waals surface area contributed by atoms with Gasteiger partial charge in [-0.25, -0.2) is 4.79 Å². The molecule has 0 unspecified atom stereocenters. The summed E-state index contributed by atoms with van der Waals surface area (Å²) in [6.07, 6.45) is 1.94. The molecular formula is C13H18N2O3S. The first-order valence-corrected chi connectivity index (χ1v) is 7.32.